The molecular formula is C12H17BrN2O. The van der Waals surface area contributed by atoms with E-state index in [1.54, 1.807) is 0 Å². The highest BCUT2D eigenvalue weighted by Gasteiger charge is 2.25. The van der Waals surface area contributed by atoms with Crippen LogP contribution in [0.4, 0.5) is 0 Å². The first-order valence-electron chi connectivity index (χ1n) is 5.74. The predicted molar refractivity (Wildman–Crippen MR) is 67.5 cm³/mol. The van der Waals surface area contributed by atoms with Crippen LogP contribution in [-0.2, 0) is 6.54 Å². The van der Waals surface area contributed by atoms with E-state index in [1.165, 1.54) is 0 Å². The first-order chi connectivity index (χ1) is 7.59. The van der Waals surface area contributed by atoms with Gasteiger partial charge in [0.2, 0.25) is 0 Å². The summed E-state index contributed by atoms with van der Waals surface area (Å²) < 4.78 is 3.04. The van der Waals surface area contributed by atoms with Crippen molar-refractivity contribution < 1.29 is 4.79 Å². The summed E-state index contributed by atoms with van der Waals surface area (Å²) in [5, 5.41) is 0. The first kappa shape index (κ1) is 11.7. The van der Waals surface area contributed by atoms with E-state index in [9.17, 15) is 4.79 Å². The van der Waals surface area contributed by atoms with Crippen LogP contribution >= 0.6 is 15.9 Å². The molecular weight excluding hydrogens is 268 g/mol. The van der Waals surface area contributed by atoms with Gasteiger partial charge in [0.15, 0.2) is 0 Å². The van der Waals surface area contributed by atoms with Gasteiger partial charge in [-0.3, -0.25) is 4.79 Å². The molecule has 0 saturated heterocycles. The minimum atomic E-state index is 0.164. The Morgan fingerprint density at radius 1 is 1.38 bits per heavy atom. The molecule has 1 aromatic heterocycles. The van der Waals surface area contributed by atoms with Gasteiger partial charge < -0.3 is 9.47 Å². The summed E-state index contributed by atoms with van der Waals surface area (Å²) in [5.41, 5.74) is 0.807. The number of rotatable bonds is 3. The molecule has 1 aliphatic heterocycles. The Morgan fingerprint density at radius 3 is 2.81 bits per heavy atom. The summed E-state index contributed by atoms with van der Waals surface area (Å²) in [6.07, 6.45) is 1.08. The smallest absolute Gasteiger partial charge is 0.270 e. The van der Waals surface area contributed by atoms with Gasteiger partial charge in [0.25, 0.3) is 5.91 Å². The Labute approximate surface area is 105 Å². The van der Waals surface area contributed by atoms with Crippen LogP contribution in [0.2, 0.25) is 0 Å². The zero-order valence-electron chi connectivity index (χ0n) is 9.74. The third-order valence-electron chi connectivity index (χ3n) is 3.00. The van der Waals surface area contributed by atoms with Crippen molar-refractivity contribution in [1.82, 2.24) is 9.47 Å². The molecule has 0 bridgehead atoms. The van der Waals surface area contributed by atoms with E-state index in [2.05, 4.69) is 29.8 Å². The highest BCUT2D eigenvalue weighted by Crippen LogP contribution is 2.21. The van der Waals surface area contributed by atoms with Crippen molar-refractivity contribution in [2.45, 2.75) is 26.8 Å². The lowest BCUT2D eigenvalue weighted by Crippen LogP contribution is -2.40. The maximum Gasteiger partial charge on any atom is 0.270 e. The van der Waals surface area contributed by atoms with Crippen molar-refractivity contribution >= 4 is 21.8 Å². The van der Waals surface area contributed by atoms with Crippen LogP contribution in [0, 0.1) is 5.92 Å². The molecule has 0 unspecified atom stereocenters. The second-order valence-corrected chi connectivity index (χ2v) is 5.48. The quantitative estimate of drug-likeness (QED) is 0.838. The number of fused-ring (bicyclic) bond motifs is 1. The monoisotopic (exact) mass is 284 g/mol. The Balaban J connectivity index is 2.09. The molecule has 3 nitrogen and oxygen atoms in total. The minimum absolute atomic E-state index is 0.164. The SMILES string of the molecule is CC(C)CCN1CCn2c(Br)ccc2C1=O. The molecule has 0 atom stereocenters. The fourth-order valence-electron chi connectivity index (χ4n) is 1.97. The van der Waals surface area contributed by atoms with Crippen LogP contribution in [-0.4, -0.2) is 28.5 Å². The lowest BCUT2D eigenvalue weighted by molar-refractivity contribution is 0.0696. The molecule has 2 heterocycles. The second kappa shape index (κ2) is 4.62. The molecule has 0 spiro atoms. The Morgan fingerprint density at radius 2 is 2.12 bits per heavy atom. The van der Waals surface area contributed by atoms with E-state index in [0.717, 1.165) is 36.4 Å². The van der Waals surface area contributed by atoms with Crippen LogP contribution in [0.1, 0.15) is 30.8 Å². The van der Waals surface area contributed by atoms with Gasteiger partial charge in [-0.05, 0) is 40.4 Å². The average Bonchev–Trinajstić information content (AvgIpc) is 2.60. The number of aromatic nitrogens is 1. The summed E-state index contributed by atoms with van der Waals surface area (Å²) >= 11 is 3.45. The van der Waals surface area contributed by atoms with Gasteiger partial charge in [-0.25, -0.2) is 0 Å². The van der Waals surface area contributed by atoms with Crippen LogP contribution < -0.4 is 0 Å². The number of hydrogen-bond acceptors (Lipinski definition) is 1. The molecule has 1 aromatic rings. The lowest BCUT2D eigenvalue weighted by Gasteiger charge is -2.29. The Bertz CT molecular complexity index is 398. The molecule has 0 aliphatic carbocycles. The van der Waals surface area contributed by atoms with Crippen molar-refractivity contribution in [2.24, 2.45) is 5.92 Å². The van der Waals surface area contributed by atoms with Gasteiger partial charge in [0.05, 0.1) is 4.60 Å². The zero-order chi connectivity index (χ0) is 11.7. The largest absolute Gasteiger partial charge is 0.336 e. The van der Waals surface area contributed by atoms with Crippen molar-refractivity contribution in [2.75, 3.05) is 13.1 Å². The predicted octanol–water partition coefficient (Wildman–Crippen LogP) is 2.75. The summed E-state index contributed by atoms with van der Waals surface area (Å²) in [6.45, 7) is 6.97. The Hall–Kier alpha value is -0.770. The minimum Gasteiger partial charge on any atom is -0.336 e. The van der Waals surface area contributed by atoms with Gasteiger partial charge in [0, 0.05) is 19.6 Å². The maximum atomic E-state index is 12.1. The summed E-state index contributed by atoms with van der Waals surface area (Å²) in [5.74, 6) is 0.811. The molecule has 0 aromatic carbocycles. The number of hydrogen-bond donors (Lipinski definition) is 0. The van der Waals surface area contributed by atoms with Crippen LogP contribution in [0.5, 0.6) is 0 Å². The number of carbonyl (C=O) groups excluding carboxylic acids is 1. The van der Waals surface area contributed by atoms with E-state index in [1.807, 2.05) is 21.6 Å². The van der Waals surface area contributed by atoms with E-state index >= 15 is 0 Å². The standard InChI is InChI=1S/C12H17BrN2O/c1-9(2)5-6-14-7-8-15-10(12(14)16)3-4-11(15)13/h3-4,9H,5-8H2,1-2H3. The molecule has 0 saturated carbocycles. The number of amides is 1. The Kier molecular flexibility index (Phi) is 3.38. The lowest BCUT2D eigenvalue weighted by atomic mass is 10.1. The van der Waals surface area contributed by atoms with Crippen molar-refractivity contribution in [1.29, 1.82) is 0 Å². The molecule has 88 valence electrons. The number of nitrogens with zero attached hydrogens (tertiary/aromatic N) is 2. The topological polar surface area (TPSA) is 25.2 Å². The summed E-state index contributed by atoms with van der Waals surface area (Å²) in [4.78, 5) is 14.1. The summed E-state index contributed by atoms with van der Waals surface area (Å²) in [7, 11) is 0. The molecule has 0 radical (unpaired) electrons. The third-order valence-corrected chi connectivity index (χ3v) is 3.70. The molecule has 2 rings (SSSR count). The molecule has 16 heavy (non-hydrogen) atoms. The molecule has 0 fully saturated rings. The zero-order valence-corrected chi connectivity index (χ0v) is 11.3. The highest BCUT2D eigenvalue weighted by atomic mass is 79.9. The van der Waals surface area contributed by atoms with Gasteiger partial charge >= 0.3 is 0 Å². The molecule has 1 amide bonds. The van der Waals surface area contributed by atoms with E-state index < -0.39 is 0 Å². The van der Waals surface area contributed by atoms with Gasteiger partial charge in [-0.1, -0.05) is 13.8 Å². The van der Waals surface area contributed by atoms with Gasteiger partial charge in [0.1, 0.15) is 5.69 Å². The first-order valence-corrected chi connectivity index (χ1v) is 6.53. The fourth-order valence-corrected chi connectivity index (χ4v) is 2.47. The molecule has 0 N–H and O–H groups in total. The molecule has 1 aliphatic rings. The second-order valence-electron chi connectivity index (χ2n) is 4.67. The van der Waals surface area contributed by atoms with E-state index in [4.69, 9.17) is 0 Å². The number of halogens is 1. The fraction of sp³-hybridized carbons (Fsp3) is 0.583. The van der Waals surface area contributed by atoms with Gasteiger partial charge in [-0.2, -0.15) is 0 Å². The van der Waals surface area contributed by atoms with E-state index in [-0.39, 0.29) is 5.91 Å². The van der Waals surface area contributed by atoms with Crippen LogP contribution in [0.3, 0.4) is 0 Å². The third kappa shape index (κ3) is 2.17. The van der Waals surface area contributed by atoms with Crippen molar-refractivity contribution in [3.05, 3.63) is 22.4 Å². The van der Waals surface area contributed by atoms with E-state index in [0.29, 0.717) is 5.92 Å². The van der Waals surface area contributed by atoms with Crippen molar-refractivity contribution in [3.8, 4) is 0 Å². The normalized spacial score (nSPS) is 15.8. The average molecular weight is 285 g/mol. The van der Waals surface area contributed by atoms with Crippen molar-refractivity contribution in [3.63, 3.8) is 0 Å². The molecule has 4 heteroatoms. The summed E-state index contributed by atoms with van der Waals surface area (Å²) in [6, 6.07) is 3.84. The number of carbonyl (C=O) groups is 1. The highest BCUT2D eigenvalue weighted by molar-refractivity contribution is 9.10. The van der Waals surface area contributed by atoms with Crippen LogP contribution in [0.25, 0.3) is 0 Å². The van der Waals surface area contributed by atoms with Gasteiger partial charge in [-0.15, -0.1) is 0 Å². The van der Waals surface area contributed by atoms with Crippen LogP contribution in [0.15, 0.2) is 16.7 Å². The maximum absolute atomic E-state index is 12.1.